The van der Waals surface area contributed by atoms with Gasteiger partial charge in [0.15, 0.2) is 69.8 Å². The summed E-state index contributed by atoms with van der Waals surface area (Å²) in [5.74, 6) is -70.3. The van der Waals surface area contributed by atoms with E-state index in [-0.39, 0.29) is 0 Å². The van der Waals surface area contributed by atoms with Crippen LogP contribution < -0.4 is 21.9 Å². The van der Waals surface area contributed by atoms with Crippen molar-refractivity contribution in [3.63, 3.8) is 0 Å². The molecule has 0 aromatic heterocycles. The Morgan fingerprint density at radius 3 is 0.786 bits per heavy atom. The molecule has 0 spiro atoms. The Morgan fingerprint density at radius 1 is 0.375 bits per heavy atom. The quantitative estimate of drug-likeness (QED) is 0.0528. The van der Waals surface area contributed by atoms with Crippen molar-refractivity contribution in [3.05, 3.63) is 151 Å². The molecule has 0 N–H and O–H groups in total. The summed E-state index contributed by atoms with van der Waals surface area (Å²) in [6.45, 7) is 0. The first-order valence-corrected chi connectivity index (χ1v) is 17.0. The van der Waals surface area contributed by atoms with Crippen molar-refractivity contribution >= 4 is 50.5 Å². The summed E-state index contributed by atoms with van der Waals surface area (Å²) in [5.41, 5.74) is -13.0. The SMILES string of the molecule is C[S+](C)Cc1cccc(Cl)c1.Fc1c(F)c(F)c([B-](c2c(F)c(F)c(F)c(F)c2F)(c2c(F)c(F)c(F)c(F)c2F)c2c(F)c(F)c(F)c(F)c2F)c(F)c1F. The van der Waals surface area contributed by atoms with Crippen LogP contribution >= 0.6 is 11.6 Å². The van der Waals surface area contributed by atoms with Gasteiger partial charge in [-0.2, -0.15) is 0 Å². The van der Waals surface area contributed by atoms with E-state index in [0.717, 1.165) is 10.8 Å². The average Bonchev–Trinajstić information content (AvgIpc) is 3.14. The third kappa shape index (κ3) is 6.91. The van der Waals surface area contributed by atoms with Gasteiger partial charge < -0.3 is 0 Å². The highest BCUT2D eigenvalue weighted by atomic mass is 35.5. The number of benzene rings is 5. The molecule has 0 aliphatic rings. The maximum absolute atomic E-state index is 15.4. The molecule has 0 saturated carbocycles. The molecule has 300 valence electrons. The van der Waals surface area contributed by atoms with Gasteiger partial charge in [-0.1, -0.05) is 23.7 Å². The van der Waals surface area contributed by atoms with Crippen LogP contribution in [0.5, 0.6) is 0 Å². The van der Waals surface area contributed by atoms with Gasteiger partial charge in [0.25, 0.3) is 0 Å². The Labute approximate surface area is 307 Å². The van der Waals surface area contributed by atoms with Gasteiger partial charge in [-0.3, -0.25) is 0 Å². The van der Waals surface area contributed by atoms with Crippen LogP contribution in [0.4, 0.5) is 87.8 Å². The van der Waals surface area contributed by atoms with Crippen LogP contribution in [-0.4, -0.2) is 18.7 Å². The first kappa shape index (κ1) is 44.1. The predicted octanol–water partition coefficient (Wildman–Crippen LogP) is 8.56. The highest BCUT2D eigenvalue weighted by molar-refractivity contribution is 7.94. The highest BCUT2D eigenvalue weighted by Crippen LogP contribution is 2.30. The molecule has 0 fully saturated rings. The third-order valence-electron chi connectivity index (χ3n) is 8.05. The maximum Gasteiger partial charge on any atom is 0.200 e. The molecule has 0 aliphatic heterocycles. The van der Waals surface area contributed by atoms with Crippen LogP contribution in [0, 0.1) is 116 Å². The van der Waals surface area contributed by atoms with Gasteiger partial charge in [-0.25, -0.2) is 87.8 Å². The van der Waals surface area contributed by atoms with Gasteiger partial charge in [0.1, 0.15) is 58.4 Å². The molecule has 0 atom stereocenters. The lowest BCUT2D eigenvalue weighted by atomic mass is 9.12. The van der Waals surface area contributed by atoms with E-state index in [1.807, 2.05) is 18.2 Å². The first-order valence-electron chi connectivity index (χ1n) is 14.4. The summed E-state index contributed by atoms with van der Waals surface area (Å²) >= 11 is 5.83. The number of hydrogen-bond acceptors (Lipinski definition) is 0. The fourth-order valence-electron chi connectivity index (χ4n) is 5.83. The van der Waals surface area contributed by atoms with Crippen molar-refractivity contribution in [2.75, 3.05) is 12.5 Å². The monoisotopic (exact) mass is 866 g/mol. The number of rotatable bonds is 6. The average molecular weight is 867 g/mol. The molecule has 5 aromatic rings. The molecule has 5 aromatic carbocycles. The Balaban J connectivity index is 0.000000544. The van der Waals surface area contributed by atoms with E-state index < -0.39 is 144 Å². The van der Waals surface area contributed by atoms with Crippen molar-refractivity contribution in [2.24, 2.45) is 0 Å². The van der Waals surface area contributed by atoms with Crippen LogP contribution in [0.25, 0.3) is 0 Å². The predicted molar refractivity (Wildman–Crippen MR) is 164 cm³/mol. The summed E-state index contributed by atoms with van der Waals surface area (Å²) < 4.78 is 294. The van der Waals surface area contributed by atoms with E-state index in [0.29, 0.717) is 10.9 Å². The minimum Gasteiger partial charge on any atom is -0.207 e. The van der Waals surface area contributed by atoms with Gasteiger partial charge in [0.2, 0.25) is 0 Å². The zero-order chi connectivity index (χ0) is 42.6. The summed E-state index contributed by atoms with van der Waals surface area (Å²) in [6, 6.07) is 8.08. The number of hydrogen-bond donors (Lipinski definition) is 0. The van der Waals surface area contributed by atoms with E-state index in [1.54, 1.807) is 0 Å². The molecule has 0 unspecified atom stereocenters. The molecule has 56 heavy (non-hydrogen) atoms. The van der Waals surface area contributed by atoms with Gasteiger partial charge in [-0.05, 0) is 23.0 Å². The van der Waals surface area contributed by atoms with E-state index in [1.165, 1.54) is 5.56 Å². The molecule has 0 amide bonds. The van der Waals surface area contributed by atoms with Crippen molar-refractivity contribution in [3.8, 4) is 0 Å². The normalized spacial score (nSPS) is 11.7. The summed E-state index contributed by atoms with van der Waals surface area (Å²) in [6.07, 6.45) is -2.74. The van der Waals surface area contributed by atoms with Crippen molar-refractivity contribution in [1.82, 2.24) is 0 Å². The molecule has 0 heterocycles. The zero-order valence-corrected chi connectivity index (χ0v) is 28.5. The largest absolute Gasteiger partial charge is 0.207 e. The first-order chi connectivity index (χ1) is 25.9. The smallest absolute Gasteiger partial charge is 0.200 e. The van der Waals surface area contributed by atoms with E-state index in [2.05, 4.69) is 18.6 Å². The Hall–Kier alpha value is -4.60. The second kappa shape index (κ2) is 16.1. The molecule has 0 nitrogen and oxygen atoms in total. The van der Waals surface area contributed by atoms with Crippen molar-refractivity contribution < 1.29 is 87.8 Å². The summed E-state index contributed by atoms with van der Waals surface area (Å²) in [7, 11) is 0.467. The molecule has 5 rings (SSSR count). The highest BCUT2D eigenvalue weighted by Gasteiger charge is 2.52. The molecule has 0 bridgehead atoms. The Bertz CT molecular complexity index is 2020. The molecular formula is C33H12BClF20S. The molecule has 23 heteroatoms. The Kier molecular flexibility index (Phi) is 12.7. The second-order valence-corrected chi connectivity index (χ2v) is 14.3. The summed E-state index contributed by atoms with van der Waals surface area (Å²) in [4.78, 5) is 0. The lowest BCUT2D eigenvalue weighted by Crippen LogP contribution is -2.81. The van der Waals surface area contributed by atoms with Crippen molar-refractivity contribution in [2.45, 2.75) is 5.75 Å². The molecule has 0 saturated heterocycles. The fraction of sp³-hybridized carbons (Fsp3) is 0.0909. The molecule has 0 aliphatic carbocycles. The van der Waals surface area contributed by atoms with Gasteiger partial charge in [-0.15, -0.1) is 21.9 Å². The minimum absolute atomic E-state index is 0.467. The van der Waals surface area contributed by atoms with E-state index in [4.69, 9.17) is 11.6 Å². The fourth-order valence-corrected chi connectivity index (χ4v) is 6.89. The van der Waals surface area contributed by atoms with Crippen molar-refractivity contribution in [1.29, 1.82) is 0 Å². The Morgan fingerprint density at radius 2 is 0.589 bits per heavy atom. The van der Waals surface area contributed by atoms with Gasteiger partial charge >= 0.3 is 0 Å². The van der Waals surface area contributed by atoms with Crippen LogP contribution in [-0.2, 0) is 16.6 Å². The molecular weight excluding hydrogens is 855 g/mol. The summed E-state index contributed by atoms with van der Waals surface area (Å²) in [5, 5.41) is 0.841. The lowest BCUT2D eigenvalue weighted by molar-refractivity contribution is 0.378. The van der Waals surface area contributed by atoms with Crippen LogP contribution in [0.15, 0.2) is 24.3 Å². The maximum atomic E-state index is 15.4. The van der Waals surface area contributed by atoms with E-state index >= 15 is 35.1 Å². The van der Waals surface area contributed by atoms with Crippen LogP contribution in [0.2, 0.25) is 5.02 Å². The second-order valence-electron chi connectivity index (χ2n) is 11.6. The minimum atomic E-state index is -7.22. The standard InChI is InChI=1S/C24BF20.C9H12ClS/c26-5-1(6(27)14(35)21(42)13(5)34)25(2-7(28)15(36)22(43)16(37)8(2)29,3-9(30)17(38)23(44)18(39)10(3)31)4-11(32)19(40)24(45)20(41)12(4)33;1-11(2)7-8-4-3-5-9(10)6-8/h;3-6H,7H2,1-2H3/q-1;+1. The third-order valence-corrected chi connectivity index (χ3v) is 9.20. The number of halogens is 21. The van der Waals surface area contributed by atoms with Gasteiger partial charge in [0.05, 0.1) is 12.5 Å². The lowest BCUT2D eigenvalue weighted by Gasteiger charge is -2.44. The van der Waals surface area contributed by atoms with Crippen LogP contribution in [0.1, 0.15) is 5.56 Å². The molecule has 0 radical (unpaired) electrons. The van der Waals surface area contributed by atoms with Crippen LogP contribution in [0.3, 0.4) is 0 Å². The van der Waals surface area contributed by atoms with Gasteiger partial charge in [0, 0.05) is 10.6 Å². The van der Waals surface area contributed by atoms with E-state index in [9.17, 15) is 52.7 Å². The zero-order valence-electron chi connectivity index (χ0n) is 26.9. The topological polar surface area (TPSA) is 0 Å².